The van der Waals surface area contributed by atoms with Crippen molar-refractivity contribution in [1.82, 2.24) is 39.5 Å². The highest BCUT2D eigenvalue weighted by Gasteiger charge is 2.36. The molecule has 0 spiro atoms. The van der Waals surface area contributed by atoms with E-state index in [4.69, 9.17) is 27.9 Å². The summed E-state index contributed by atoms with van der Waals surface area (Å²) in [5, 5.41) is 8.92. The highest BCUT2D eigenvalue weighted by Crippen LogP contribution is 2.35. The number of nitrogens with two attached hydrogens (primary N) is 4. The standard InChI is InChI=1S/C27H33N7O4.C22H25N7O2/c1-16-12-13-30-20(15-16)31-25(36)18-10-8-17(9-11-18)21-22(23(28)35)34(29)24(32-21)19-7-5-6-14-33(19)26(37)38-27(2,3)4;1-13-9-11-26-17(12-13)27-22(31)15-7-5-14(6-8-15)18-19(20(23)30)29(24)21(28-18)16-4-2-3-10-25-16/h8-13,15,19H,5-7,14,29H2,1-4H3,(H2,28,35)(H,30,31,36);5-9,11-12,16,25H,2-4,10,24H2,1H3,(H2,23,30)(H,26,27,31)/t19-;16-/m00/s1. The number of nitrogens with one attached hydrogen (secondary N) is 3. The number of imidazole rings is 2. The zero-order chi connectivity index (χ0) is 49.6. The van der Waals surface area contributed by atoms with E-state index >= 15 is 0 Å². The summed E-state index contributed by atoms with van der Waals surface area (Å²) in [5.74, 6) is 12.4. The van der Waals surface area contributed by atoms with Crippen LogP contribution in [-0.4, -0.2) is 82.6 Å². The van der Waals surface area contributed by atoms with Crippen LogP contribution >= 0.6 is 0 Å². The van der Waals surface area contributed by atoms with Gasteiger partial charge in [-0.1, -0.05) is 30.7 Å². The Morgan fingerprint density at radius 3 is 1.59 bits per heavy atom. The summed E-state index contributed by atoms with van der Waals surface area (Å²) >= 11 is 0. The van der Waals surface area contributed by atoms with Crippen molar-refractivity contribution in [2.24, 2.45) is 11.5 Å². The van der Waals surface area contributed by atoms with E-state index in [1.165, 1.54) is 4.68 Å². The molecule has 20 nitrogen and oxygen atoms in total. The number of primary amides is 2. The molecule has 2 aliphatic rings. The number of benzene rings is 2. The van der Waals surface area contributed by atoms with Crippen LogP contribution in [0.3, 0.4) is 0 Å². The summed E-state index contributed by atoms with van der Waals surface area (Å²) in [7, 11) is 0. The molecular formula is C49H58N14O6. The van der Waals surface area contributed by atoms with Crippen LogP contribution in [0.5, 0.6) is 0 Å². The number of aryl methyl sites for hydroxylation is 2. The lowest BCUT2D eigenvalue weighted by molar-refractivity contribution is 0.00819. The van der Waals surface area contributed by atoms with Gasteiger partial charge < -0.3 is 43.8 Å². The van der Waals surface area contributed by atoms with Gasteiger partial charge in [0.1, 0.15) is 34.4 Å². The van der Waals surface area contributed by atoms with E-state index in [1.807, 2.05) is 26.0 Å². The van der Waals surface area contributed by atoms with Crippen LogP contribution in [0.1, 0.15) is 136 Å². The van der Waals surface area contributed by atoms with E-state index < -0.39 is 29.6 Å². The van der Waals surface area contributed by atoms with Crippen LogP contribution < -0.4 is 39.1 Å². The van der Waals surface area contributed by atoms with Gasteiger partial charge in [0.05, 0.1) is 12.1 Å². The molecule has 360 valence electrons. The summed E-state index contributed by atoms with van der Waals surface area (Å²) < 4.78 is 8.04. The zero-order valence-corrected chi connectivity index (χ0v) is 39.3. The van der Waals surface area contributed by atoms with Gasteiger partial charge in [0.2, 0.25) is 0 Å². The Morgan fingerprint density at radius 1 is 0.667 bits per heavy atom. The number of anilines is 2. The molecule has 0 unspecified atom stereocenters. The second-order valence-electron chi connectivity index (χ2n) is 18.0. The highest BCUT2D eigenvalue weighted by molar-refractivity contribution is 6.05. The number of piperidine rings is 2. The molecule has 0 bridgehead atoms. The van der Waals surface area contributed by atoms with Gasteiger partial charge in [0.25, 0.3) is 23.6 Å². The predicted molar refractivity (Wildman–Crippen MR) is 261 cm³/mol. The summed E-state index contributed by atoms with van der Waals surface area (Å²) in [6.07, 6.45) is 8.12. The van der Waals surface area contributed by atoms with Crippen molar-refractivity contribution in [3.63, 3.8) is 0 Å². The molecule has 6 aromatic rings. The Balaban J connectivity index is 0.000000208. The van der Waals surface area contributed by atoms with Gasteiger partial charge in [0.15, 0.2) is 17.2 Å². The molecule has 69 heavy (non-hydrogen) atoms. The Bertz CT molecular complexity index is 2860. The number of aromatic nitrogens is 6. The molecule has 20 heteroatoms. The van der Waals surface area contributed by atoms with E-state index in [9.17, 15) is 24.0 Å². The molecule has 11 N–H and O–H groups in total. The smallest absolute Gasteiger partial charge is 0.410 e. The maximum absolute atomic E-state index is 12.9. The number of hydrogen-bond donors (Lipinski definition) is 7. The molecule has 0 radical (unpaired) electrons. The minimum Gasteiger partial charge on any atom is -0.444 e. The lowest BCUT2D eigenvalue weighted by Gasteiger charge is -2.36. The zero-order valence-electron chi connectivity index (χ0n) is 39.3. The average molecular weight is 939 g/mol. The highest BCUT2D eigenvalue weighted by atomic mass is 16.6. The van der Waals surface area contributed by atoms with Crippen LogP contribution in [0.25, 0.3) is 22.5 Å². The number of carbonyl (C=O) groups excluding carboxylic acids is 5. The SMILES string of the molecule is Cc1ccnc(NC(=O)c2ccc(-c3nc([C@@H]4CCCCN4)n(N)c3C(N)=O)cc2)c1.Cc1ccnc(NC(=O)c2ccc(-c3nc([C@@H]4CCCCN4C(=O)OC(C)(C)C)n(N)c3C(N)=O)cc2)c1. The van der Waals surface area contributed by atoms with E-state index in [1.54, 1.807) is 98.7 Å². The molecule has 0 aliphatic carbocycles. The minimum absolute atomic E-state index is 0.0101. The monoisotopic (exact) mass is 938 g/mol. The largest absolute Gasteiger partial charge is 0.444 e. The summed E-state index contributed by atoms with van der Waals surface area (Å²) in [6.45, 7) is 10.6. The Kier molecular flexibility index (Phi) is 14.7. The predicted octanol–water partition coefficient (Wildman–Crippen LogP) is 5.91. The lowest BCUT2D eigenvalue weighted by Crippen LogP contribution is -2.43. The van der Waals surface area contributed by atoms with Crippen molar-refractivity contribution in [2.75, 3.05) is 35.4 Å². The fourth-order valence-corrected chi connectivity index (χ4v) is 8.21. The van der Waals surface area contributed by atoms with Crippen molar-refractivity contribution in [3.8, 4) is 22.5 Å². The van der Waals surface area contributed by atoms with Crippen LogP contribution in [0.4, 0.5) is 16.4 Å². The molecule has 0 saturated carbocycles. The number of nitrogen functional groups attached to an aromatic ring is 2. The molecular weight excluding hydrogens is 881 g/mol. The van der Waals surface area contributed by atoms with Crippen LogP contribution in [-0.2, 0) is 4.74 Å². The first kappa shape index (κ1) is 48.8. The quantitative estimate of drug-likeness (QED) is 0.0787. The van der Waals surface area contributed by atoms with E-state index in [-0.39, 0.29) is 34.9 Å². The van der Waals surface area contributed by atoms with Gasteiger partial charge in [-0.05, 0) is 133 Å². The molecule has 2 aliphatic heterocycles. The molecule has 2 atom stereocenters. The molecule has 8 rings (SSSR count). The fraction of sp³-hybridized carbons (Fsp3) is 0.327. The third kappa shape index (κ3) is 11.5. The van der Waals surface area contributed by atoms with Crippen molar-refractivity contribution < 1.29 is 28.7 Å². The molecule has 4 aromatic heterocycles. The van der Waals surface area contributed by atoms with Crippen LogP contribution in [0.15, 0.2) is 85.2 Å². The van der Waals surface area contributed by atoms with Crippen LogP contribution in [0, 0.1) is 13.8 Å². The maximum atomic E-state index is 12.9. The van der Waals surface area contributed by atoms with E-state index in [2.05, 4.69) is 35.9 Å². The number of likely N-dealkylation sites (tertiary alicyclic amines) is 1. The van der Waals surface area contributed by atoms with Crippen molar-refractivity contribution in [2.45, 2.75) is 90.8 Å². The second-order valence-corrected chi connectivity index (χ2v) is 18.0. The maximum Gasteiger partial charge on any atom is 0.410 e. The third-order valence-corrected chi connectivity index (χ3v) is 11.5. The number of pyridine rings is 2. The first-order chi connectivity index (χ1) is 32.9. The van der Waals surface area contributed by atoms with Gasteiger partial charge in [-0.2, -0.15) is 0 Å². The molecule has 2 aromatic carbocycles. The normalized spacial score (nSPS) is 15.9. The Hall–Kier alpha value is -8.13. The molecule has 5 amide bonds. The van der Waals surface area contributed by atoms with Gasteiger partial charge in [-0.15, -0.1) is 0 Å². The fourth-order valence-electron chi connectivity index (χ4n) is 8.21. The number of amides is 5. The van der Waals surface area contributed by atoms with E-state index in [0.29, 0.717) is 64.2 Å². The summed E-state index contributed by atoms with van der Waals surface area (Å²) in [6, 6.07) is 20.1. The number of hydrogen-bond acceptors (Lipinski definition) is 13. The number of rotatable bonds is 10. The summed E-state index contributed by atoms with van der Waals surface area (Å²) in [5.41, 5.74) is 15.5. The van der Waals surface area contributed by atoms with Gasteiger partial charge in [0, 0.05) is 41.2 Å². The minimum atomic E-state index is -0.756. The Morgan fingerprint density at radius 2 is 1.14 bits per heavy atom. The second kappa shape index (κ2) is 20.8. The third-order valence-electron chi connectivity index (χ3n) is 11.5. The molecule has 2 saturated heterocycles. The van der Waals surface area contributed by atoms with Crippen LogP contribution in [0.2, 0.25) is 0 Å². The first-order valence-electron chi connectivity index (χ1n) is 22.7. The molecule has 6 heterocycles. The number of nitrogens with zero attached hydrogens (tertiary/aromatic N) is 7. The topological polar surface area (TPSA) is 299 Å². The van der Waals surface area contributed by atoms with Gasteiger partial charge >= 0.3 is 6.09 Å². The van der Waals surface area contributed by atoms with Crippen molar-refractivity contribution in [1.29, 1.82) is 0 Å². The number of carbonyl (C=O) groups is 5. The Labute approximate surface area is 399 Å². The van der Waals surface area contributed by atoms with Gasteiger partial charge in [-0.3, -0.25) is 24.1 Å². The average Bonchev–Trinajstić information content (AvgIpc) is 3.85. The summed E-state index contributed by atoms with van der Waals surface area (Å²) in [4.78, 5) is 81.9. The van der Waals surface area contributed by atoms with Crippen molar-refractivity contribution >= 4 is 41.4 Å². The number of ether oxygens (including phenoxy) is 1. The van der Waals surface area contributed by atoms with Crippen molar-refractivity contribution in [3.05, 3.63) is 130 Å². The van der Waals surface area contributed by atoms with E-state index in [0.717, 1.165) is 54.5 Å². The first-order valence-corrected chi connectivity index (χ1v) is 22.7. The lowest BCUT2D eigenvalue weighted by atomic mass is 10.0. The van der Waals surface area contributed by atoms with Gasteiger partial charge in [-0.25, -0.2) is 34.1 Å². The molecule has 2 fully saturated rings.